The molecule has 1 aliphatic carbocycles. The summed E-state index contributed by atoms with van der Waals surface area (Å²) in [5.74, 6) is -0.106. The highest BCUT2D eigenvalue weighted by Gasteiger charge is 2.18. The molecule has 0 amide bonds. The van der Waals surface area contributed by atoms with Gasteiger partial charge in [-0.2, -0.15) is 0 Å². The van der Waals surface area contributed by atoms with Crippen LogP contribution < -0.4 is 10.1 Å². The smallest absolute Gasteiger partial charge is 0.307 e. The van der Waals surface area contributed by atoms with Crippen LogP contribution in [-0.4, -0.2) is 22.2 Å². The first kappa shape index (κ1) is 19.7. The Morgan fingerprint density at radius 3 is 2.66 bits per heavy atom. The maximum absolute atomic E-state index is 10.8. The van der Waals surface area contributed by atoms with Crippen molar-refractivity contribution in [2.75, 3.05) is 5.32 Å². The minimum absolute atomic E-state index is 0.0168. The van der Waals surface area contributed by atoms with Crippen LogP contribution in [0, 0.1) is 0 Å². The van der Waals surface area contributed by atoms with E-state index in [4.69, 9.17) is 21.4 Å². The summed E-state index contributed by atoms with van der Waals surface area (Å²) in [5.41, 5.74) is 3.40. The second kappa shape index (κ2) is 8.84. The van der Waals surface area contributed by atoms with Gasteiger partial charge in [-0.3, -0.25) is 4.79 Å². The van der Waals surface area contributed by atoms with E-state index in [2.05, 4.69) is 10.3 Å². The van der Waals surface area contributed by atoms with Gasteiger partial charge in [0.2, 0.25) is 0 Å². The van der Waals surface area contributed by atoms with Gasteiger partial charge in [0.1, 0.15) is 5.75 Å². The number of halogens is 1. The van der Waals surface area contributed by atoms with Crippen LogP contribution in [0.25, 0.3) is 11.3 Å². The second-order valence-corrected chi connectivity index (χ2v) is 8.37. The first-order valence-electron chi connectivity index (χ1n) is 9.57. The molecule has 3 aromatic rings. The zero-order valence-electron chi connectivity index (χ0n) is 15.7. The quantitative estimate of drug-likeness (QED) is 0.471. The number of hydrogen-bond acceptors (Lipinski definition) is 5. The van der Waals surface area contributed by atoms with Crippen LogP contribution in [0.5, 0.6) is 5.75 Å². The number of nitrogens with zero attached hydrogens (tertiary/aromatic N) is 1. The Hall–Kier alpha value is -2.57. The van der Waals surface area contributed by atoms with Gasteiger partial charge in [-0.1, -0.05) is 23.7 Å². The standard InChI is InChI=1S/C22H21ClN2O3S/c23-18-12-15(7-10-20(18)28-17-3-1-2-4-17)19-13-29-22(25-19)24-16-8-5-14(6-9-16)11-21(26)27/h5-10,12-13,17H,1-4,11H2,(H,24,25)(H,26,27). The van der Waals surface area contributed by atoms with Gasteiger partial charge in [-0.15, -0.1) is 11.3 Å². The molecule has 0 aliphatic heterocycles. The van der Waals surface area contributed by atoms with E-state index < -0.39 is 5.97 Å². The number of thiazole rings is 1. The first-order valence-corrected chi connectivity index (χ1v) is 10.8. The molecule has 0 radical (unpaired) electrons. The number of aliphatic carboxylic acids is 1. The zero-order chi connectivity index (χ0) is 20.2. The Bertz CT molecular complexity index is 998. The van der Waals surface area contributed by atoms with Gasteiger partial charge in [0.15, 0.2) is 5.13 Å². The van der Waals surface area contributed by atoms with Crippen LogP contribution in [0.4, 0.5) is 10.8 Å². The van der Waals surface area contributed by atoms with Crippen molar-refractivity contribution in [1.29, 1.82) is 0 Å². The van der Waals surface area contributed by atoms with Crippen LogP contribution in [0.15, 0.2) is 47.8 Å². The van der Waals surface area contributed by atoms with E-state index >= 15 is 0 Å². The fourth-order valence-electron chi connectivity index (χ4n) is 3.41. The molecule has 0 unspecified atom stereocenters. The van der Waals surface area contributed by atoms with Gasteiger partial charge in [-0.25, -0.2) is 4.98 Å². The van der Waals surface area contributed by atoms with Crippen LogP contribution in [0.3, 0.4) is 0 Å². The number of rotatable bonds is 7. The number of carbonyl (C=O) groups is 1. The van der Waals surface area contributed by atoms with E-state index in [9.17, 15) is 4.79 Å². The van der Waals surface area contributed by atoms with Crippen LogP contribution in [0.1, 0.15) is 31.2 Å². The predicted molar refractivity (Wildman–Crippen MR) is 117 cm³/mol. The minimum atomic E-state index is -0.839. The van der Waals surface area contributed by atoms with Crippen molar-refractivity contribution in [3.05, 3.63) is 58.4 Å². The third-order valence-corrected chi connectivity index (χ3v) is 5.94. The zero-order valence-corrected chi connectivity index (χ0v) is 17.3. The van der Waals surface area contributed by atoms with Crippen LogP contribution >= 0.6 is 22.9 Å². The molecule has 0 bridgehead atoms. The number of ether oxygens (including phenoxy) is 1. The molecule has 1 saturated carbocycles. The third-order valence-electron chi connectivity index (χ3n) is 4.89. The lowest BCUT2D eigenvalue weighted by molar-refractivity contribution is -0.136. The van der Waals surface area contributed by atoms with Crippen molar-refractivity contribution >= 4 is 39.7 Å². The van der Waals surface area contributed by atoms with E-state index in [1.807, 2.05) is 35.7 Å². The Morgan fingerprint density at radius 2 is 1.97 bits per heavy atom. The number of benzene rings is 2. The summed E-state index contributed by atoms with van der Waals surface area (Å²) >= 11 is 7.94. The first-order chi connectivity index (χ1) is 14.1. The molecule has 7 heteroatoms. The summed E-state index contributed by atoms with van der Waals surface area (Å²) < 4.78 is 6.02. The van der Waals surface area contributed by atoms with E-state index in [0.29, 0.717) is 5.02 Å². The second-order valence-electron chi connectivity index (χ2n) is 7.10. The van der Waals surface area contributed by atoms with Crippen LogP contribution in [0.2, 0.25) is 5.02 Å². The van der Waals surface area contributed by atoms with Gasteiger partial charge < -0.3 is 15.2 Å². The summed E-state index contributed by atoms with van der Waals surface area (Å²) in [6, 6.07) is 13.1. The molecule has 150 valence electrons. The maximum atomic E-state index is 10.8. The number of anilines is 2. The molecule has 4 rings (SSSR count). The lowest BCUT2D eigenvalue weighted by Gasteiger charge is -2.14. The highest BCUT2D eigenvalue weighted by atomic mass is 35.5. The lowest BCUT2D eigenvalue weighted by Crippen LogP contribution is -2.11. The van der Waals surface area contributed by atoms with Gasteiger partial charge in [0, 0.05) is 16.6 Å². The summed E-state index contributed by atoms with van der Waals surface area (Å²) in [6.07, 6.45) is 4.92. The highest BCUT2D eigenvalue weighted by molar-refractivity contribution is 7.14. The van der Waals surface area contributed by atoms with Gasteiger partial charge >= 0.3 is 5.97 Å². The minimum Gasteiger partial charge on any atom is -0.489 e. The molecule has 1 heterocycles. The van der Waals surface area contributed by atoms with E-state index in [1.165, 1.54) is 24.2 Å². The molecular weight excluding hydrogens is 408 g/mol. The fourth-order valence-corrected chi connectivity index (χ4v) is 4.37. The highest BCUT2D eigenvalue weighted by Crippen LogP contribution is 2.34. The molecule has 29 heavy (non-hydrogen) atoms. The molecule has 1 aromatic heterocycles. The van der Waals surface area contributed by atoms with Gasteiger partial charge in [0.05, 0.1) is 23.2 Å². The maximum Gasteiger partial charge on any atom is 0.307 e. The van der Waals surface area contributed by atoms with Gasteiger partial charge in [-0.05, 0) is 61.6 Å². The number of nitrogens with one attached hydrogen (secondary N) is 1. The summed E-state index contributed by atoms with van der Waals surface area (Å²) in [6.45, 7) is 0. The van der Waals surface area contributed by atoms with E-state index in [0.717, 1.165) is 46.2 Å². The summed E-state index contributed by atoms with van der Waals surface area (Å²) in [4.78, 5) is 15.4. The Labute approximate surface area is 178 Å². The number of carboxylic acid groups (broad SMARTS) is 1. The molecule has 1 fully saturated rings. The van der Waals surface area contributed by atoms with Crippen molar-refractivity contribution in [2.45, 2.75) is 38.2 Å². The number of carboxylic acids is 1. The van der Waals surface area contributed by atoms with E-state index in [1.54, 1.807) is 12.1 Å². The van der Waals surface area contributed by atoms with Crippen molar-refractivity contribution < 1.29 is 14.6 Å². The van der Waals surface area contributed by atoms with Crippen molar-refractivity contribution in [1.82, 2.24) is 4.98 Å². The number of aromatic nitrogens is 1. The number of hydrogen-bond donors (Lipinski definition) is 2. The van der Waals surface area contributed by atoms with Crippen LogP contribution in [-0.2, 0) is 11.2 Å². The Kier molecular flexibility index (Phi) is 6.02. The van der Waals surface area contributed by atoms with Crippen molar-refractivity contribution in [3.8, 4) is 17.0 Å². The topological polar surface area (TPSA) is 71.5 Å². The molecule has 0 saturated heterocycles. The molecule has 2 N–H and O–H groups in total. The average molecular weight is 429 g/mol. The average Bonchev–Trinajstić information content (AvgIpc) is 3.37. The molecule has 0 atom stereocenters. The largest absolute Gasteiger partial charge is 0.489 e. The van der Waals surface area contributed by atoms with Crippen molar-refractivity contribution in [3.63, 3.8) is 0 Å². The molecule has 0 spiro atoms. The lowest BCUT2D eigenvalue weighted by atomic mass is 10.1. The Morgan fingerprint density at radius 1 is 1.21 bits per heavy atom. The molecule has 5 nitrogen and oxygen atoms in total. The monoisotopic (exact) mass is 428 g/mol. The van der Waals surface area contributed by atoms with E-state index in [-0.39, 0.29) is 12.5 Å². The summed E-state index contributed by atoms with van der Waals surface area (Å²) in [5, 5.41) is 15.4. The van der Waals surface area contributed by atoms with Crippen molar-refractivity contribution in [2.24, 2.45) is 0 Å². The molecule has 1 aliphatic rings. The fraction of sp³-hybridized carbons (Fsp3) is 0.273. The van der Waals surface area contributed by atoms with Gasteiger partial charge in [0.25, 0.3) is 0 Å². The molecule has 2 aromatic carbocycles. The summed E-state index contributed by atoms with van der Waals surface area (Å²) in [7, 11) is 0. The predicted octanol–water partition coefficient (Wildman–Crippen LogP) is 6.16. The Balaban J connectivity index is 1.43. The molecular formula is C22H21ClN2O3S. The normalized spacial score (nSPS) is 14.1. The third kappa shape index (κ3) is 5.08. The SMILES string of the molecule is O=C(O)Cc1ccc(Nc2nc(-c3ccc(OC4CCCC4)c(Cl)c3)cs2)cc1.